The molecule has 128 valence electrons. The SMILES string of the molecule is COCc1nc2cc(CC3CC(=O)N(c4ccccc4)C3)ccc2o1. The van der Waals surface area contributed by atoms with E-state index in [1.165, 1.54) is 5.56 Å². The lowest BCUT2D eigenvalue weighted by Crippen LogP contribution is -2.24. The molecule has 1 saturated heterocycles. The van der Waals surface area contributed by atoms with Crippen LogP contribution in [0, 0.1) is 5.92 Å². The molecule has 2 heterocycles. The van der Waals surface area contributed by atoms with E-state index in [0.29, 0.717) is 24.8 Å². The van der Waals surface area contributed by atoms with Gasteiger partial charge in [0.25, 0.3) is 0 Å². The third-order valence-corrected chi connectivity index (χ3v) is 4.56. The summed E-state index contributed by atoms with van der Waals surface area (Å²) in [5, 5.41) is 0. The van der Waals surface area contributed by atoms with Gasteiger partial charge in [-0.1, -0.05) is 24.3 Å². The lowest BCUT2D eigenvalue weighted by Gasteiger charge is -2.16. The quantitative estimate of drug-likeness (QED) is 0.715. The molecular formula is C20H20N2O3. The van der Waals surface area contributed by atoms with E-state index in [1.54, 1.807) is 7.11 Å². The summed E-state index contributed by atoms with van der Waals surface area (Å²) >= 11 is 0. The molecule has 0 aliphatic carbocycles. The first kappa shape index (κ1) is 15.8. The Morgan fingerprint density at radius 3 is 2.88 bits per heavy atom. The summed E-state index contributed by atoms with van der Waals surface area (Å²) in [6.07, 6.45) is 1.44. The van der Waals surface area contributed by atoms with Gasteiger partial charge in [-0.25, -0.2) is 4.98 Å². The molecule has 1 fully saturated rings. The number of anilines is 1. The molecule has 5 heteroatoms. The first-order chi connectivity index (χ1) is 12.2. The lowest BCUT2D eigenvalue weighted by atomic mass is 9.98. The van der Waals surface area contributed by atoms with Crippen LogP contribution in [0.5, 0.6) is 0 Å². The maximum absolute atomic E-state index is 12.3. The molecule has 0 N–H and O–H groups in total. The average Bonchev–Trinajstić information content (AvgIpc) is 3.18. The molecule has 1 atom stereocenters. The van der Waals surface area contributed by atoms with Crippen molar-refractivity contribution in [1.29, 1.82) is 0 Å². The van der Waals surface area contributed by atoms with Gasteiger partial charge in [0.05, 0.1) is 0 Å². The molecule has 25 heavy (non-hydrogen) atoms. The predicted molar refractivity (Wildman–Crippen MR) is 95.3 cm³/mol. The predicted octanol–water partition coefficient (Wildman–Crippen LogP) is 3.57. The third-order valence-electron chi connectivity index (χ3n) is 4.56. The Kier molecular flexibility index (Phi) is 4.24. The van der Waals surface area contributed by atoms with Crippen LogP contribution in [0.3, 0.4) is 0 Å². The summed E-state index contributed by atoms with van der Waals surface area (Å²) in [4.78, 5) is 18.7. The van der Waals surface area contributed by atoms with Crippen molar-refractivity contribution in [3.8, 4) is 0 Å². The molecule has 0 saturated carbocycles. The number of nitrogens with zero attached hydrogens (tertiary/aromatic N) is 2. The molecule has 1 aromatic heterocycles. The highest BCUT2D eigenvalue weighted by Crippen LogP contribution is 2.28. The van der Waals surface area contributed by atoms with Gasteiger partial charge in [0.1, 0.15) is 12.1 Å². The zero-order valence-corrected chi connectivity index (χ0v) is 14.1. The standard InChI is InChI=1S/C20H20N2O3/c1-24-13-19-21-17-10-14(7-8-18(17)25-19)9-15-11-20(23)22(12-15)16-5-3-2-4-6-16/h2-8,10,15H,9,11-13H2,1H3. The Bertz CT molecular complexity index is 888. The summed E-state index contributed by atoms with van der Waals surface area (Å²) in [5.41, 5.74) is 3.77. The Balaban J connectivity index is 1.49. The number of para-hydroxylation sites is 1. The van der Waals surface area contributed by atoms with Gasteiger partial charge in [0, 0.05) is 25.8 Å². The molecule has 0 radical (unpaired) electrons. The smallest absolute Gasteiger partial charge is 0.227 e. The number of rotatable bonds is 5. The van der Waals surface area contributed by atoms with Crippen LogP contribution >= 0.6 is 0 Å². The van der Waals surface area contributed by atoms with Crippen molar-refractivity contribution in [2.24, 2.45) is 5.92 Å². The second kappa shape index (κ2) is 6.69. The van der Waals surface area contributed by atoms with Gasteiger partial charge in [-0.05, 0) is 42.2 Å². The molecule has 1 aliphatic rings. The molecule has 0 spiro atoms. The Morgan fingerprint density at radius 1 is 1.24 bits per heavy atom. The number of amides is 1. The van der Waals surface area contributed by atoms with Gasteiger partial charge in [-0.3, -0.25) is 4.79 Å². The van der Waals surface area contributed by atoms with Crippen LogP contribution in [0.2, 0.25) is 0 Å². The molecule has 1 amide bonds. The number of oxazole rings is 1. The average molecular weight is 336 g/mol. The topological polar surface area (TPSA) is 55.6 Å². The fourth-order valence-corrected chi connectivity index (χ4v) is 3.44. The maximum atomic E-state index is 12.3. The number of hydrogen-bond donors (Lipinski definition) is 0. The van der Waals surface area contributed by atoms with E-state index >= 15 is 0 Å². The minimum absolute atomic E-state index is 0.195. The van der Waals surface area contributed by atoms with Crippen LogP contribution in [0.25, 0.3) is 11.1 Å². The van der Waals surface area contributed by atoms with Crippen LogP contribution in [0.4, 0.5) is 5.69 Å². The first-order valence-electron chi connectivity index (χ1n) is 8.45. The molecule has 4 rings (SSSR count). The van der Waals surface area contributed by atoms with Crippen molar-refractivity contribution in [3.63, 3.8) is 0 Å². The molecule has 2 aromatic carbocycles. The van der Waals surface area contributed by atoms with E-state index in [0.717, 1.165) is 29.8 Å². The molecule has 1 unspecified atom stereocenters. The number of ether oxygens (including phenoxy) is 1. The van der Waals surface area contributed by atoms with Crippen molar-refractivity contribution in [2.75, 3.05) is 18.6 Å². The number of methoxy groups -OCH3 is 1. The van der Waals surface area contributed by atoms with Crippen molar-refractivity contribution in [3.05, 3.63) is 60.0 Å². The van der Waals surface area contributed by atoms with Crippen LogP contribution < -0.4 is 4.90 Å². The molecular weight excluding hydrogens is 316 g/mol. The minimum Gasteiger partial charge on any atom is -0.438 e. The zero-order chi connectivity index (χ0) is 17.2. The third kappa shape index (κ3) is 3.28. The molecule has 3 aromatic rings. The number of aromatic nitrogens is 1. The van der Waals surface area contributed by atoms with Crippen LogP contribution in [0.15, 0.2) is 52.9 Å². The van der Waals surface area contributed by atoms with E-state index in [9.17, 15) is 4.79 Å². The van der Waals surface area contributed by atoms with E-state index in [4.69, 9.17) is 9.15 Å². The van der Waals surface area contributed by atoms with Gasteiger partial charge in [-0.2, -0.15) is 0 Å². The van der Waals surface area contributed by atoms with Crippen molar-refractivity contribution in [1.82, 2.24) is 4.98 Å². The van der Waals surface area contributed by atoms with E-state index in [-0.39, 0.29) is 5.91 Å². The largest absolute Gasteiger partial charge is 0.438 e. The number of benzene rings is 2. The van der Waals surface area contributed by atoms with Crippen molar-refractivity contribution >= 4 is 22.7 Å². The van der Waals surface area contributed by atoms with Crippen LogP contribution in [-0.2, 0) is 22.6 Å². The normalized spacial score (nSPS) is 17.6. The van der Waals surface area contributed by atoms with E-state index < -0.39 is 0 Å². The Morgan fingerprint density at radius 2 is 2.08 bits per heavy atom. The van der Waals surface area contributed by atoms with Crippen molar-refractivity contribution in [2.45, 2.75) is 19.4 Å². The van der Waals surface area contributed by atoms with Crippen LogP contribution in [-0.4, -0.2) is 24.5 Å². The Labute approximate surface area is 146 Å². The van der Waals surface area contributed by atoms with Crippen LogP contribution in [0.1, 0.15) is 17.9 Å². The number of fused-ring (bicyclic) bond motifs is 1. The lowest BCUT2D eigenvalue weighted by molar-refractivity contribution is -0.117. The highest BCUT2D eigenvalue weighted by molar-refractivity contribution is 5.95. The van der Waals surface area contributed by atoms with Gasteiger partial charge in [0.15, 0.2) is 5.58 Å². The molecule has 5 nitrogen and oxygen atoms in total. The Hall–Kier alpha value is -2.66. The number of hydrogen-bond acceptors (Lipinski definition) is 4. The van der Waals surface area contributed by atoms with E-state index in [2.05, 4.69) is 11.1 Å². The summed E-state index contributed by atoms with van der Waals surface area (Å²) in [6, 6.07) is 15.9. The molecule has 0 bridgehead atoms. The summed E-state index contributed by atoms with van der Waals surface area (Å²) < 4.78 is 10.7. The van der Waals surface area contributed by atoms with Gasteiger partial charge in [0.2, 0.25) is 11.8 Å². The van der Waals surface area contributed by atoms with Gasteiger partial charge in [-0.15, -0.1) is 0 Å². The highest BCUT2D eigenvalue weighted by Gasteiger charge is 2.30. The second-order valence-corrected chi connectivity index (χ2v) is 6.46. The highest BCUT2D eigenvalue weighted by atomic mass is 16.5. The summed E-state index contributed by atoms with van der Waals surface area (Å²) in [7, 11) is 1.62. The molecule has 1 aliphatic heterocycles. The zero-order valence-electron chi connectivity index (χ0n) is 14.1. The number of carbonyl (C=O) groups is 1. The van der Waals surface area contributed by atoms with Gasteiger partial charge < -0.3 is 14.1 Å². The second-order valence-electron chi connectivity index (χ2n) is 6.46. The van der Waals surface area contributed by atoms with Gasteiger partial charge >= 0.3 is 0 Å². The van der Waals surface area contributed by atoms with E-state index in [1.807, 2.05) is 47.4 Å². The first-order valence-corrected chi connectivity index (χ1v) is 8.45. The maximum Gasteiger partial charge on any atom is 0.227 e. The minimum atomic E-state index is 0.195. The van der Waals surface area contributed by atoms with Crippen molar-refractivity contribution < 1.29 is 13.9 Å². The summed E-state index contributed by atoms with van der Waals surface area (Å²) in [5.74, 6) is 1.09. The fourth-order valence-electron chi connectivity index (χ4n) is 3.44. The monoisotopic (exact) mass is 336 g/mol. The fraction of sp³-hybridized carbons (Fsp3) is 0.300. The number of carbonyl (C=O) groups excluding carboxylic acids is 1. The summed E-state index contributed by atoms with van der Waals surface area (Å²) in [6.45, 7) is 1.13.